The summed E-state index contributed by atoms with van der Waals surface area (Å²) in [6.45, 7) is 2.02. The molecular weight excluding hydrogens is 238 g/mol. The third kappa shape index (κ3) is 1.89. The second kappa shape index (κ2) is 4.37. The van der Waals surface area contributed by atoms with Gasteiger partial charge in [0.05, 0.1) is 10.9 Å². The molecule has 0 amide bonds. The van der Waals surface area contributed by atoms with Crippen LogP contribution < -0.4 is 10.9 Å². The smallest absolute Gasteiger partial charge is 0.262 e. The van der Waals surface area contributed by atoms with Crippen molar-refractivity contribution in [3.63, 3.8) is 0 Å². The van der Waals surface area contributed by atoms with Crippen molar-refractivity contribution >= 4 is 28.5 Å². The molecule has 0 fully saturated rings. The van der Waals surface area contributed by atoms with E-state index < -0.39 is 0 Å². The van der Waals surface area contributed by atoms with Crippen molar-refractivity contribution in [2.75, 3.05) is 12.4 Å². The topological polar surface area (TPSA) is 46.9 Å². The molecule has 5 heteroatoms. The first-order chi connectivity index (χ1) is 8.08. The van der Waals surface area contributed by atoms with Gasteiger partial charge in [-0.3, -0.25) is 9.36 Å². The molecule has 17 heavy (non-hydrogen) atoms. The van der Waals surface area contributed by atoms with Gasteiger partial charge in [-0.1, -0.05) is 18.5 Å². The number of halogens is 1. The van der Waals surface area contributed by atoms with E-state index in [0.717, 1.165) is 17.5 Å². The first kappa shape index (κ1) is 11.9. The Morgan fingerprint density at radius 3 is 2.76 bits per heavy atom. The number of nitrogens with zero attached hydrogens (tertiary/aromatic N) is 2. The molecule has 1 aromatic carbocycles. The first-order valence-corrected chi connectivity index (χ1v) is 5.83. The van der Waals surface area contributed by atoms with Gasteiger partial charge in [-0.2, -0.15) is 0 Å². The van der Waals surface area contributed by atoms with Gasteiger partial charge in [0, 0.05) is 19.1 Å². The van der Waals surface area contributed by atoms with Gasteiger partial charge < -0.3 is 5.32 Å². The third-order valence-electron chi connectivity index (χ3n) is 2.83. The summed E-state index contributed by atoms with van der Waals surface area (Å²) < 4.78 is 1.48. The number of rotatable bonds is 2. The fourth-order valence-corrected chi connectivity index (χ4v) is 2.14. The Balaban J connectivity index is 2.96. The summed E-state index contributed by atoms with van der Waals surface area (Å²) in [6, 6.07) is 3.53. The van der Waals surface area contributed by atoms with E-state index in [4.69, 9.17) is 11.6 Å². The fraction of sp³-hybridized carbons (Fsp3) is 0.333. The van der Waals surface area contributed by atoms with Crippen LogP contribution in [-0.2, 0) is 13.5 Å². The van der Waals surface area contributed by atoms with Gasteiger partial charge in [-0.05, 0) is 24.1 Å². The SMILES string of the molecule is CCc1cc(Cl)cc2c(=O)n(C)c(NC)nc12. The zero-order chi connectivity index (χ0) is 12.6. The van der Waals surface area contributed by atoms with Crippen LogP contribution in [0.2, 0.25) is 5.02 Å². The van der Waals surface area contributed by atoms with Crippen LogP contribution in [0, 0.1) is 0 Å². The van der Waals surface area contributed by atoms with E-state index in [1.807, 2.05) is 13.0 Å². The zero-order valence-corrected chi connectivity index (χ0v) is 10.8. The summed E-state index contributed by atoms with van der Waals surface area (Å²) in [4.78, 5) is 16.6. The van der Waals surface area contributed by atoms with E-state index >= 15 is 0 Å². The molecule has 2 aromatic rings. The van der Waals surface area contributed by atoms with E-state index in [1.54, 1.807) is 20.2 Å². The van der Waals surface area contributed by atoms with Crippen LogP contribution in [0.3, 0.4) is 0 Å². The first-order valence-electron chi connectivity index (χ1n) is 5.45. The molecule has 4 nitrogen and oxygen atoms in total. The lowest BCUT2D eigenvalue weighted by Gasteiger charge is -2.10. The van der Waals surface area contributed by atoms with Crippen LogP contribution in [0.5, 0.6) is 0 Å². The maximum absolute atomic E-state index is 12.2. The second-order valence-corrected chi connectivity index (χ2v) is 4.30. The fourth-order valence-electron chi connectivity index (χ4n) is 1.90. The molecule has 2 rings (SSSR count). The molecule has 0 saturated heterocycles. The summed E-state index contributed by atoms with van der Waals surface area (Å²) in [7, 11) is 3.43. The summed E-state index contributed by atoms with van der Waals surface area (Å²) in [5.41, 5.74) is 1.63. The molecule has 0 aliphatic rings. The highest BCUT2D eigenvalue weighted by molar-refractivity contribution is 6.31. The predicted molar refractivity (Wildman–Crippen MR) is 70.9 cm³/mol. The Hall–Kier alpha value is -1.55. The van der Waals surface area contributed by atoms with Crippen LogP contribution >= 0.6 is 11.6 Å². The minimum Gasteiger partial charge on any atom is -0.359 e. The summed E-state index contributed by atoms with van der Waals surface area (Å²) >= 11 is 6.01. The Kier molecular flexibility index (Phi) is 3.07. The van der Waals surface area contributed by atoms with Crippen molar-refractivity contribution in [1.29, 1.82) is 0 Å². The number of nitrogens with one attached hydrogen (secondary N) is 1. The van der Waals surface area contributed by atoms with Crippen molar-refractivity contribution in [2.24, 2.45) is 7.05 Å². The predicted octanol–water partition coefficient (Wildman–Crippen LogP) is 2.19. The lowest BCUT2D eigenvalue weighted by atomic mass is 10.1. The van der Waals surface area contributed by atoms with E-state index in [-0.39, 0.29) is 5.56 Å². The number of hydrogen-bond donors (Lipinski definition) is 1. The quantitative estimate of drug-likeness (QED) is 0.890. The van der Waals surface area contributed by atoms with Gasteiger partial charge >= 0.3 is 0 Å². The van der Waals surface area contributed by atoms with Gasteiger partial charge in [0.15, 0.2) is 0 Å². The average molecular weight is 252 g/mol. The molecule has 1 aromatic heterocycles. The molecule has 90 valence electrons. The van der Waals surface area contributed by atoms with Gasteiger partial charge in [0.2, 0.25) is 5.95 Å². The van der Waals surface area contributed by atoms with E-state index in [0.29, 0.717) is 16.4 Å². The highest BCUT2D eigenvalue weighted by Crippen LogP contribution is 2.21. The standard InChI is InChI=1S/C12H14ClN3O/c1-4-7-5-8(13)6-9-10(7)15-12(14-2)16(3)11(9)17/h5-6H,4H2,1-3H3,(H,14,15). The maximum Gasteiger partial charge on any atom is 0.262 e. The van der Waals surface area contributed by atoms with Crippen molar-refractivity contribution in [3.05, 3.63) is 33.1 Å². The molecule has 0 unspecified atom stereocenters. The molecule has 1 heterocycles. The molecule has 1 N–H and O–H groups in total. The van der Waals surface area contributed by atoms with Gasteiger partial charge in [0.1, 0.15) is 0 Å². The lowest BCUT2D eigenvalue weighted by Crippen LogP contribution is -2.21. The zero-order valence-electron chi connectivity index (χ0n) is 10.0. The molecule has 0 atom stereocenters. The number of benzene rings is 1. The number of fused-ring (bicyclic) bond motifs is 1. The molecule has 0 aliphatic carbocycles. The van der Waals surface area contributed by atoms with Gasteiger partial charge in [0.25, 0.3) is 5.56 Å². The number of aromatic nitrogens is 2. The molecular formula is C12H14ClN3O. The van der Waals surface area contributed by atoms with Crippen LogP contribution in [0.1, 0.15) is 12.5 Å². The van der Waals surface area contributed by atoms with Crippen molar-refractivity contribution in [1.82, 2.24) is 9.55 Å². The largest absolute Gasteiger partial charge is 0.359 e. The average Bonchev–Trinajstić information content (AvgIpc) is 2.33. The van der Waals surface area contributed by atoms with E-state index in [1.165, 1.54) is 4.57 Å². The Morgan fingerprint density at radius 2 is 2.18 bits per heavy atom. The summed E-state index contributed by atoms with van der Waals surface area (Å²) in [6.07, 6.45) is 0.792. The van der Waals surface area contributed by atoms with Crippen molar-refractivity contribution in [2.45, 2.75) is 13.3 Å². The third-order valence-corrected chi connectivity index (χ3v) is 3.05. The van der Waals surface area contributed by atoms with Crippen molar-refractivity contribution < 1.29 is 0 Å². The Morgan fingerprint density at radius 1 is 1.47 bits per heavy atom. The van der Waals surface area contributed by atoms with Gasteiger partial charge in [-0.15, -0.1) is 0 Å². The highest BCUT2D eigenvalue weighted by Gasteiger charge is 2.11. The minimum atomic E-state index is -0.0865. The monoisotopic (exact) mass is 251 g/mol. The van der Waals surface area contributed by atoms with Crippen molar-refractivity contribution in [3.8, 4) is 0 Å². The van der Waals surface area contributed by atoms with Crippen LogP contribution in [-0.4, -0.2) is 16.6 Å². The normalized spacial score (nSPS) is 10.8. The Bertz CT molecular complexity index is 634. The number of anilines is 1. The maximum atomic E-state index is 12.2. The molecule has 0 bridgehead atoms. The number of hydrogen-bond acceptors (Lipinski definition) is 3. The van der Waals surface area contributed by atoms with Crippen LogP contribution in [0.4, 0.5) is 5.95 Å². The summed E-state index contributed by atoms with van der Waals surface area (Å²) in [5.74, 6) is 0.555. The molecule has 0 spiro atoms. The lowest BCUT2D eigenvalue weighted by molar-refractivity contribution is 0.851. The van der Waals surface area contributed by atoms with E-state index in [2.05, 4.69) is 10.3 Å². The van der Waals surface area contributed by atoms with E-state index in [9.17, 15) is 4.79 Å². The Labute approximate surface area is 104 Å². The molecule has 0 aliphatic heterocycles. The number of aryl methyl sites for hydroxylation is 1. The summed E-state index contributed by atoms with van der Waals surface area (Å²) in [5, 5.41) is 4.05. The molecule has 0 saturated carbocycles. The van der Waals surface area contributed by atoms with Crippen LogP contribution in [0.15, 0.2) is 16.9 Å². The van der Waals surface area contributed by atoms with Gasteiger partial charge in [-0.25, -0.2) is 4.98 Å². The minimum absolute atomic E-state index is 0.0865. The second-order valence-electron chi connectivity index (χ2n) is 3.86. The highest BCUT2D eigenvalue weighted by atomic mass is 35.5. The molecule has 0 radical (unpaired) electrons. The van der Waals surface area contributed by atoms with Crippen LogP contribution in [0.25, 0.3) is 10.9 Å².